The predicted molar refractivity (Wildman–Crippen MR) is 90.1 cm³/mol. The number of nitrogens with zero attached hydrogens (tertiary/aromatic N) is 2. The minimum atomic E-state index is 0.566. The molecule has 0 fully saturated rings. The first-order chi connectivity index (χ1) is 9.65. The summed E-state index contributed by atoms with van der Waals surface area (Å²) in [5.41, 5.74) is 1.39. The number of allylic oxidation sites excluding steroid dienone is 1. The van der Waals surface area contributed by atoms with E-state index < -0.39 is 0 Å². The Labute approximate surface area is 137 Å². The summed E-state index contributed by atoms with van der Waals surface area (Å²) in [4.78, 5) is 5.50. The van der Waals surface area contributed by atoms with Gasteiger partial charge in [0.2, 0.25) is 0 Å². The third-order valence-electron chi connectivity index (χ3n) is 2.57. The lowest BCUT2D eigenvalue weighted by molar-refractivity contribution is 1.44. The van der Waals surface area contributed by atoms with Gasteiger partial charge in [0.15, 0.2) is 0 Å². The number of aromatic nitrogens is 1. The van der Waals surface area contributed by atoms with Gasteiger partial charge in [-0.15, -0.1) is 22.7 Å². The van der Waals surface area contributed by atoms with Crippen LogP contribution < -0.4 is 0 Å². The van der Waals surface area contributed by atoms with Crippen molar-refractivity contribution >= 4 is 72.1 Å². The fraction of sp³-hybridized carbons (Fsp3) is 0. The van der Waals surface area contributed by atoms with Crippen molar-refractivity contribution in [2.45, 2.75) is 0 Å². The molecule has 6 heteroatoms. The maximum atomic E-state index is 9.34. The Hall–Kier alpha value is -1.19. The second kappa shape index (κ2) is 5.66. The van der Waals surface area contributed by atoms with Crippen LogP contribution in [0.3, 0.4) is 0 Å². The van der Waals surface area contributed by atoms with Gasteiger partial charge in [-0.1, -0.05) is 11.6 Å². The molecule has 0 aliphatic rings. The fourth-order valence-corrected chi connectivity index (χ4v) is 4.16. The minimum absolute atomic E-state index is 0.566. The van der Waals surface area contributed by atoms with Gasteiger partial charge in [0, 0.05) is 19.8 Å². The summed E-state index contributed by atoms with van der Waals surface area (Å²) in [6.07, 6.45) is 1.86. The number of nitriles is 1. The second-order valence-electron chi connectivity index (χ2n) is 3.97. The zero-order valence-corrected chi connectivity index (χ0v) is 13.9. The number of thiazole rings is 1. The Balaban J connectivity index is 2.07. The van der Waals surface area contributed by atoms with Gasteiger partial charge < -0.3 is 0 Å². The number of fused-ring (bicyclic) bond motifs is 1. The molecule has 0 atom stereocenters. The summed E-state index contributed by atoms with van der Waals surface area (Å²) in [5, 5.41) is 12.7. The van der Waals surface area contributed by atoms with E-state index in [0.717, 1.165) is 19.6 Å². The summed E-state index contributed by atoms with van der Waals surface area (Å²) >= 11 is 12.4. The largest absolute Gasteiger partial charge is 0.235 e. The molecule has 0 aliphatic carbocycles. The lowest BCUT2D eigenvalue weighted by Crippen LogP contribution is -1.78. The Morgan fingerprint density at radius 1 is 1.40 bits per heavy atom. The molecule has 0 radical (unpaired) electrons. The van der Waals surface area contributed by atoms with Crippen molar-refractivity contribution in [1.82, 2.24) is 4.98 Å². The molecule has 0 bridgehead atoms. The van der Waals surface area contributed by atoms with E-state index in [4.69, 9.17) is 11.6 Å². The van der Waals surface area contributed by atoms with E-state index in [2.05, 4.69) is 27.0 Å². The molecule has 1 aromatic carbocycles. The fourth-order valence-electron chi connectivity index (χ4n) is 1.70. The minimum Gasteiger partial charge on any atom is -0.235 e. The standard InChI is InChI=1S/C14H6BrClN2S2/c15-9-4-11(19-7-9)3-8(6-17)14-18-12-5-10(16)1-2-13(12)20-14/h1-5,7H/b8-3+. The monoisotopic (exact) mass is 380 g/mol. The summed E-state index contributed by atoms with van der Waals surface area (Å²) in [7, 11) is 0. The van der Waals surface area contributed by atoms with Crippen LogP contribution in [0.1, 0.15) is 9.88 Å². The maximum Gasteiger partial charge on any atom is 0.135 e. The molecule has 0 spiro atoms. The molecule has 20 heavy (non-hydrogen) atoms. The quantitative estimate of drug-likeness (QED) is 0.523. The van der Waals surface area contributed by atoms with E-state index in [1.165, 1.54) is 11.3 Å². The summed E-state index contributed by atoms with van der Waals surface area (Å²) in [5.74, 6) is 0. The Kier molecular flexibility index (Phi) is 3.90. The number of rotatable bonds is 2. The van der Waals surface area contributed by atoms with E-state index in [0.29, 0.717) is 15.6 Å². The molecule has 3 rings (SSSR count). The average molecular weight is 382 g/mol. The molecule has 3 aromatic rings. The van der Waals surface area contributed by atoms with Crippen LogP contribution in [0.4, 0.5) is 0 Å². The lowest BCUT2D eigenvalue weighted by Gasteiger charge is -1.90. The molecule has 2 nitrogen and oxygen atoms in total. The van der Waals surface area contributed by atoms with Crippen molar-refractivity contribution in [2.24, 2.45) is 0 Å². The van der Waals surface area contributed by atoms with E-state index in [1.54, 1.807) is 11.3 Å². The first-order valence-electron chi connectivity index (χ1n) is 5.58. The molecule has 0 aliphatic heterocycles. The van der Waals surface area contributed by atoms with Crippen LogP contribution >= 0.6 is 50.2 Å². The Morgan fingerprint density at radius 3 is 2.95 bits per heavy atom. The molecule has 2 aromatic heterocycles. The smallest absolute Gasteiger partial charge is 0.135 e. The third-order valence-corrected chi connectivity index (χ3v) is 5.52. The zero-order chi connectivity index (χ0) is 14.1. The van der Waals surface area contributed by atoms with E-state index in [-0.39, 0.29) is 0 Å². The molecule has 0 amide bonds. The summed E-state index contributed by atoms with van der Waals surface area (Å²) < 4.78 is 2.04. The summed E-state index contributed by atoms with van der Waals surface area (Å²) in [6.45, 7) is 0. The van der Waals surface area contributed by atoms with Crippen LogP contribution in [0.2, 0.25) is 5.02 Å². The number of hydrogen-bond donors (Lipinski definition) is 0. The van der Waals surface area contributed by atoms with Crippen LogP contribution in [0.5, 0.6) is 0 Å². The van der Waals surface area contributed by atoms with Crippen molar-refractivity contribution in [3.8, 4) is 6.07 Å². The number of thiophene rings is 1. The second-order valence-corrected chi connectivity index (χ2v) is 7.29. The highest BCUT2D eigenvalue weighted by Gasteiger charge is 2.09. The Morgan fingerprint density at radius 2 is 2.25 bits per heavy atom. The van der Waals surface area contributed by atoms with Gasteiger partial charge in [-0.25, -0.2) is 4.98 Å². The molecule has 0 saturated heterocycles. The number of halogens is 2. The van der Waals surface area contributed by atoms with Gasteiger partial charge in [-0.05, 0) is 46.3 Å². The van der Waals surface area contributed by atoms with Gasteiger partial charge in [0.1, 0.15) is 11.1 Å². The lowest BCUT2D eigenvalue weighted by atomic mass is 10.2. The molecular formula is C14H6BrClN2S2. The summed E-state index contributed by atoms with van der Waals surface area (Å²) in [6, 6.07) is 9.77. The van der Waals surface area contributed by atoms with Crippen LogP contribution in [-0.2, 0) is 0 Å². The van der Waals surface area contributed by atoms with Gasteiger partial charge in [0.25, 0.3) is 0 Å². The van der Waals surface area contributed by atoms with Crippen molar-refractivity contribution in [3.63, 3.8) is 0 Å². The number of hydrogen-bond acceptors (Lipinski definition) is 4. The van der Waals surface area contributed by atoms with Gasteiger partial charge >= 0.3 is 0 Å². The van der Waals surface area contributed by atoms with Gasteiger partial charge in [-0.2, -0.15) is 5.26 Å². The van der Waals surface area contributed by atoms with Crippen LogP contribution in [0.15, 0.2) is 34.1 Å². The van der Waals surface area contributed by atoms with Crippen LogP contribution in [0.25, 0.3) is 21.9 Å². The van der Waals surface area contributed by atoms with Crippen LogP contribution in [-0.4, -0.2) is 4.98 Å². The highest BCUT2D eigenvalue weighted by atomic mass is 79.9. The highest BCUT2D eigenvalue weighted by molar-refractivity contribution is 9.10. The van der Waals surface area contributed by atoms with Crippen molar-refractivity contribution in [3.05, 3.63) is 49.0 Å². The number of benzene rings is 1. The molecular weight excluding hydrogens is 376 g/mol. The Bertz CT molecular complexity index is 858. The molecule has 98 valence electrons. The molecule has 0 unspecified atom stereocenters. The van der Waals surface area contributed by atoms with Crippen LogP contribution in [0, 0.1) is 11.3 Å². The maximum absolute atomic E-state index is 9.34. The third kappa shape index (κ3) is 2.79. The first-order valence-corrected chi connectivity index (χ1v) is 8.45. The molecule has 2 heterocycles. The first kappa shape index (κ1) is 13.8. The normalized spacial score (nSPS) is 11.8. The zero-order valence-electron chi connectivity index (χ0n) is 9.93. The molecule has 0 saturated carbocycles. The predicted octanol–water partition coefficient (Wildman–Crippen LogP) is 5.84. The SMILES string of the molecule is N#C/C(=C\c1cc(Br)cs1)c1nc2cc(Cl)ccc2s1. The topological polar surface area (TPSA) is 36.7 Å². The molecule has 0 N–H and O–H groups in total. The van der Waals surface area contributed by atoms with E-state index >= 15 is 0 Å². The van der Waals surface area contributed by atoms with Crippen molar-refractivity contribution < 1.29 is 0 Å². The van der Waals surface area contributed by atoms with Crippen molar-refractivity contribution in [1.29, 1.82) is 5.26 Å². The highest BCUT2D eigenvalue weighted by Crippen LogP contribution is 2.31. The average Bonchev–Trinajstić information content (AvgIpc) is 3.01. The van der Waals surface area contributed by atoms with Crippen molar-refractivity contribution in [2.75, 3.05) is 0 Å². The van der Waals surface area contributed by atoms with Gasteiger partial charge in [-0.3, -0.25) is 0 Å². The van der Waals surface area contributed by atoms with Gasteiger partial charge in [0.05, 0.1) is 15.8 Å². The van der Waals surface area contributed by atoms with E-state index in [1.807, 2.05) is 35.7 Å². The van der Waals surface area contributed by atoms with E-state index in [9.17, 15) is 5.26 Å².